The minimum Gasteiger partial charge on any atom is -0.383 e. The molecule has 0 aromatic heterocycles. The largest absolute Gasteiger partial charge is 0.383 e. The van der Waals surface area contributed by atoms with E-state index in [0.717, 1.165) is 16.7 Å². The molecule has 0 saturated heterocycles. The van der Waals surface area contributed by atoms with E-state index in [-0.39, 0.29) is 5.91 Å². The van der Waals surface area contributed by atoms with Gasteiger partial charge in [0.1, 0.15) is 0 Å². The minimum atomic E-state index is 0.114. The van der Waals surface area contributed by atoms with E-state index in [2.05, 4.69) is 24.3 Å². The summed E-state index contributed by atoms with van der Waals surface area (Å²) in [4.78, 5) is 14.7. The van der Waals surface area contributed by atoms with Gasteiger partial charge in [-0.25, -0.2) is 0 Å². The fourth-order valence-electron chi connectivity index (χ4n) is 3.03. The van der Waals surface area contributed by atoms with Gasteiger partial charge in [0, 0.05) is 20.2 Å². The van der Waals surface area contributed by atoms with Gasteiger partial charge in [-0.15, -0.1) is 0 Å². The molecule has 0 aliphatic carbocycles. The lowest BCUT2D eigenvalue weighted by atomic mass is 10.0. The number of ether oxygens (including phenoxy) is 1. The molecular formula is C24H25NO2. The third kappa shape index (κ3) is 5.53. The van der Waals surface area contributed by atoms with E-state index < -0.39 is 0 Å². The van der Waals surface area contributed by atoms with E-state index in [4.69, 9.17) is 4.74 Å². The first-order valence-corrected chi connectivity index (χ1v) is 9.21. The quantitative estimate of drug-likeness (QED) is 0.589. The van der Waals surface area contributed by atoms with Crippen LogP contribution in [0.25, 0.3) is 11.1 Å². The van der Waals surface area contributed by atoms with Crippen LogP contribution < -0.4 is 0 Å². The van der Waals surface area contributed by atoms with Crippen LogP contribution in [0.4, 0.5) is 0 Å². The standard InChI is InChI=1S/C24H25NO2/c1-27-17-16-25(19-21-8-4-2-5-9-21)24(26)18-20-12-14-23(15-13-20)22-10-6-3-7-11-22/h2-15H,16-19H2,1H3. The fourth-order valence-corrected chi connectivity index (χ4v) is 3.03. The van der Waals surface area contributed by atoms with Crippen molar-refractivity contribution < 1.29 is 9.53 Å². The highest BCUT2D eigenvalue weighted by atomic mass is 16.5. The zero-order valence-corrected chi connectivity index (χ0v) is 15.7. The number of hydrogen-bond donors (Lipinski definition) is 0. The smallest absolute Gasteiger partial charge is 0.227 e. The van der Waals surface area contributed by atoms with Crippen molar-refractivity contribution in [3.63, 3.8) is 0 Å². The van der Waals surface area contributed by atoms with Crippen molar-refractivity contribution in [1.29, 1.82) is 0 Å². The summed E-state index contributed by atoms with van der Waals surface area (Å²) >= 11 is 0. The summed E-state index contributed by atoms with van der Waals surface area (Å²) in [5.74, 6) is 0.114. The van der Waals surface area contributed by atoms with Crippen LogP contribution in [0.3, 0.4) is 0 Å². The molecule has 138 valence electrons. The molecule has 3 heteroatoms. The highest BCUT2D eigenvalue weighted by Gasteiger charge is 2.14. The molecule has 0 radical (unpaired) electrons. The summed E-state index contributed by atoms with van der Waals surface area (Å²) in [7, 11) is 1.66. The molecule has 3 rings (SSSR count). The predicted octanol–water partition coefficient (Wildman–Crippen LogP) is 4.57. The second-order valence-corrected chi connectivity index (χ2v) is 6.53. The second-order valence-electron chi connectivity index (χ2n) is 6.53. The normalized spacial score (nSPS) is 10.6. The van der Waals surface area contributed by atoms with Gasteiger partial charge in [0.2, 0.25) is 5.91 Å². The number of carbonyl (C=O) groups is 1. The SMILES string of the molecule is COCCN(Cc1ccccc1)C(=O)Cc1ccc(-c2ccccc2)cc1. The fraction of sp³-hybridized carbons (Fsp3) is 0.208. The molecular weight excluding hydrogens is 334 g/mol. The van der Waals surface area contributed by atoms with Crippen molar-refractivity contribution in [2.75, 3.05) is 20.3 Å². The maximum atomic E-state index is 12.8. The van der Waals surface area contributed by atoms with Crippen LogP contribution in [-0.4, -0.2) is 31.1 Å². The van der Waals surface area contributed by atoms with Crippen LogP contribution in [0, 0.1) is 0 Å². The molecule has 0 N–H and O–H groups in total. The molecule has 0 heterocycles. The van der Waals surface area contributed by atoms with Crippen LogP contribution in [0.2, 0.25) is 0 Å². The van der Waals surface area contributed by atoms with Gasteiger partial charge in [0.15, 0.2) is 0 Å². The van der Waals surface area contributed by atoms with Crippen molar-refractivity contribution in [3.05, 3.63) is 96.1 Å². The number of methoxy groups -OCH3 is 1. The molecule has 3 aromatic rings. The van der Waals surface area contributed by atoms with Gasteiger partial charge < -0.3 is 9.64 Å². The molecule has 3 aromatic carbocycles. The Morgan fingerprint density at radius 2 is 1.37 bits per heavy atom. The maximum Gasteiger partial charge on any atom is 0.227 e. The Balaban J connectivity index is 1.67. The van der Waals surface area contributed by atoms with Crippen molar-refractivity contribution in [1.82, 2.24) is 4.90 Å². The lowest BCUT2D eigenvalue weighted by Crippen LogP contribution is -2.34. The van der Waals surface area contributed by atoms with Gasteiger partial charge in [-0.1, -0.05) is 84.9 Å². The summed E-state index contributed by atoms with van der Waals surface area (Å²) in [5, 5.41) is 0. The van der Waals surface area contributed by atoms with E-state index in [1.54, 1.807) is 7.11 Å². The lowest BCUT2D eigenvalue weighted by Gasteiger charge is -2.23. The number of hydrogen-bond acceptors (Lipinski definition) is 2. The van der Waals surface area contributed by atoms with Crippen molar-refractivity contribution in [2.45, 2.75) is 13.0 Å². The number of carbonyl (C=O) groups excluding carboxylic acids is 1. The van der Waals surface area contributed by atoms with Crippen LogP contribution >= 0.6 is 0 Å². The van der Waals surface area contributed by atoms with E-state index in [9.17, 15) is 4.79 Å². The van der Waals surface area contributed by atoms with E-state index in [1.807, 2.05) is 65.6 Å². The molecule has 1 amide bonds. The monoisotopic (exact) mass is 359 g/mol. The number of rotatable bonds is 8. The third-order valence-corrected chi connectivity index (χ3v) is 4.55. The van der Waals surface area contributed by atoms with Gasteiger partial charge in [0.05, 0.1) is 13.0 Å². The summed E-state index contributed by atoms with van der Waals surface area (Å²) in [6, 6.07) is 28.6. The first-order valence-electron chi connectivity index (χ1n) is 9.21. The molecule has 0 unspecified atom stereocenters. The molecule has 3 nitrogen and oxygen atoms in total. The molecule has 0 fully saturated rings. The third-order valence-electron chi connectivity index (χ3n) is 4.55. The van der Waals surface area contributed by atoms with Crippen molar-refractivity contribution in [3.8, 4) is 11.1 Å². The Hall–Kier alpha value is -2.91. The van der Waals surface area contributed by atoms with Crippen LogP contribution in [0.5, 0.6) is 0 Å². The topological polar surface area (TPSA) is 29.5 Å². The van der Waals surface area contributed by atoms with Crippen molar-refractivity contribution >= 4 is 5.91 Å². The average molecular weight is 359 g/mol. The number of benzene rings is 3. The summed E-state index contributed by atoms with van der Waals surface area (Å²) in [6.07, 6.45) is 0.394. The van der Waals surface area contributed by atoms with E-state index in [1.165, 1.54) is 5.56 Å². The van der Waals surface area contributed by atoms with E-state index in [0.29, 0.717) is 26.1 Å². The zero-order valence-electron chi connectivity index (χ0n) is 15.7. The predicted molar refractivity (Wildman–Crippen MR) is 109 cm³/mol. The van der Waals surface area contributed by atoms with Gasteiger partial charge in [-0.2, -0.15) is 0 Å². The van der Waals surface area contributed by atoms with Crippen LogP contribution in [0.15, 0.2) is 84.9 Å². The van der Waals surface area contributed by atoms with Gasteiger partial charge in [-0.3, -0.25) is 4.79 Å². The highest BCUT2D eigenvalue weighted by Crippen LogP contribution is 2.19. The minimum absolute atomic E-state index is 0.114. The van der Waals surface area contributed by atoms with Crippen LogP contribution in [0.1, 0.15) is 11.1 Å². The summed E-state index contributed by atoms with van der Waals surface area (Å²) in [5.41, 5.74) is 4.49. The Bertz CT molecular complexity index is 829. The maximum absolute atomic E-state index is 12.8. The summed E-state index contributed by atoms with van der Waals surface area (Å²) < 4.78 is 5.18. The highest BCUT2D eigenvalue weighted by molar-refractivity contribution is 5.79. The molecule has 0 bridgehead atoms. The van der Waals surface area contributed by atoms with E-state index >= 15 is 0 Å². The molecule has 0 aliphatic rings. The molecule has 0 spiro atoms. The Morgan fingerprint density at radius 1 is 0.778 bits per heavy atom. The second kappa shape index (κ2) is 9.70. The van der Waals surface area contributed by atoms with Gasteiger partial charge in [-0.05, 0) is 22.3 Å². The Labute approximate surface area is 161 Å². The first kappa shape index (κ1) is 18.9. The first-order chi connectivity index (χ1) is 13.3. The Morgan fingerprint density at radius 3 is 2.00 bits per heavy atom. The Kier molecular flexibility index (Phi) is 6.78. The van der Waals surface area contributed by atoms with Crippen LogP contribution in [-0.2, 0) is 22.5 Å². The number of amides is 1. The lowest BCUT2D eigenvalue weighted by molar-refractivity contribution is -0.131. The van der Waals surface area contributed by atoms with Crippen molar-refractivity contribution in [2.24, 2.45) is 0 Å². The van der Waals surface area contributed by atoms with Gasteiger partial charge >= 0.3 is 0 Å². The van der Waals surface area contributed by atoms with Gasteiger partial charge in [0.25, 0.3) is 0 Å². The number of nitrogens with zero attached hydrogens (tertiary/aromatic N) is 1. The molecule has 0 saturated carbocycles. The average Bonchev–Trinajstić information content (AvgIpc) is 2.73. The summed E-state index contributed by atoms with van der Waals surface area (Å²) in [6.45, 7) is 1.73. The molecule has 27 heavy (non-hydrogen) atoms. The zero-order chi connectivity index (χ0) is 18.9. The molecule has 0 aliphatic heterocycles. The molecule has 0 atom stereocenters.